The number of furan rings is 1. The molecule has 0 atom stereocenters. The standard InChI is InChI=1S/C18H18N6O6S/c25-17(14-3-4-16(30-14)24(28)29)19-5-6-21-7-9-22(10-8-21)18-20-13-2-1-12(23(26)27)11-15(13)31-18/h1-4,11H,5-10H2,(H,19,25). The number of rotatable bonds is 7. The van der Waals surface area contributed by atoms with Crippen molar-refractivity contribution in [2.75, 3.05) is 44.2 Å². The van der Waals surface area contributed by atoms with Gasteiger partial charge in [-0.1, -0.05) is 11.3 Å². The molecule has 4 rings (SSSR count). The molecule has 0 bridgehead atoms. The number of aromatic nitrogens is 1. The van der Waals surface area contributed by atoms with E-state index in [1.54, 1.807) is 12.1 Å². The molecule has 1 amide bonds. The van der Waals surface area contributed by atoms with Crippen molar-refractivity contribution < 1.29 is 19.1 Å². The zero-order chi connectivity index (χ0) is 22.0. The number of hydrogen-bond acceptors (Lipinski definition) is 10. The summed E-state index contributed by atoms with van der Waals surface area (Å²) < 4.78 is 5.67. The third kappa shape index (κ3) is 4.62. The molecular weight excluding hydrogens is 428 g/mol. The van der Waals surface area contributed by atoms with Crippen LogP contribution in [0.4, 0.5) is 16.7 Å². The van der Waals surface area contributed by atoms with Gasteiger partial charge in [0.25, 0.3) is 11.6 Å². The molecule has 12 nitrogen and oxygen atoms in total. The molecular formula is C18H18N6O6S. The predicted octanol–water partition coefficient (Wildman–Crippen LogP) is 2.26. The number of nitrogens with one attached hydrogen (secondary N) is 1. The molecule has 31 heavy (non-hydrogen) atoms. The highest BCUT2D eigenvalue weighted by Crippen LogP contribution is 2.31. The highest BCUT2D eigenvalue weighted by atomic mass is 32.1. The molecule has 0 aliphatic carbocycles. The third-order valence-corrected chi connectivity index (χ3v) is 6.00. The van der Waals surface area contributed by atoms with E-state index in [1.165, 1.54) is 23.5 Å². The van der Waals surface area contributed by atoms with Gasteiger partial charge in [0.15, 0.2) is 10.9 Å². The number of anilines is 1. The van der Waals surface area contributed by atoms with Gasteiger partial charge in [-0.3, -0.25) is 29.9 Å². The first-order valence-electron chi connectivity index (χ1n) is 9.45. The Morgan fingerprint density at radius 2 is 1.90 bits per heavy atom. The van der Waals surface area contributed by atoms with E-state index < -0.39 is 21.6 Å². The Kier molecular flexibility index (Phi) is 5.77. The lowest BCUT2D eigenvalue weighted by Crippen LogP contribution is -2.48. The number of hydrogen-bond donors (Lipinski definition) is 1. The lowest BCUT2D eigenvalue weighted by atomic mass is 10.3. The lowest BCUT2D eigenvalue weighted by molar-refractivity contribution is -0.402. The summed E-state index contributed by atoms with van der Waals surface area (Å²) in [6.07, 6.45) is 0. The van der Waals surface area contributed by atoms with Gasteiger partial charge >= 0.3 is 5.88 Å². The number of carbonyl (C=O) groups excluding carboxylic acids is 1. The third-order valence-electron chi connectivity index (χ3n) is 4.92. The number of amides is 1. The average Bonchev–Trinajstić information content (AvgIpc) is 3.41. The Morgan fingerprint density at radius 3 is 2.58 bits per heavy atom. The summed E-state index contributed by atoms with van der Waals surface area (Å²) in [6.45, 7) is 4.07. The number of piperazine rings is 1. The second-order valence-corrected chi connectivity index (χ2v) is 7.89. The largest absolute Gasteiger partial charge is 0.433 e. The van der Waals surface area contributed by atoms with Crippen molar-refractivity contribution in [3.63, 3.8) is 0 Å². The molecule has 13 heteroatoms. The maximum atomic E-state index is 12.0. The molecule has 1 fully saturated rings. The Bertz CT molecular complexity index is 1140. The van der Waals surface area contributed by atoms with Crippen molar-refractivity contribution in [2.45, 2.75) is 0 Å². The number of nitrogens with zero attached hydrogens (tertiary/aromatic N) is 5. The van der Waals surface area contributed by atoms with E-state index >= 15 is 0 Å². The smallest absolute Gasteiger partial charge is 0.395 e. The second-order valence-electron chi connectivity index (χ2n) is 6.89. The molecule has 1 aromatic carbocycles. The quantitative estimate of drug-likeness (QED) is 0.426. The number of carbonyl (C=O) groups is 1. The van der Waals surface area contributed by atoms with Crippen LogP contribution in [0, 0.1) is 20.2 Å². The van der Waals surface area contributed by atoms with Crippen LogP contribution < -0.4 is 10.2 Å². The minimum absolute atomic E-state index is 0.0544. The first kappa shape index (κ1) is 20.7. The summed E-state index contributed by atoms with van der Waals surface area (Å²) >= 11 is 1.44. The van der Waals surface area contributed by atoms with E-state index in [0.717, 1.165) is 47.6 Å². The Morgan fingerprint density at radius 1 is 1.13 bits per heavy atom. The average molecular weight is 446 g/mol. The first-order chi connectivity index (χ1) is 14.9. The summed E-state index contributed by atoms with van der Waals surface area (Å²) in [5.41, 5.74) is 0.799. The number of nitro groups is 2. The maximum Gasteiger partial charge on any atom is 0.433 e. The van der Waals surface area contributed by atoms with E-state index in [0.29, 0.717) is 13.1 Å². The highest BCUT2D eigenvalue weighted by Gasteiger charge is 2.21. The van der Waals surface area contributed by atoms with Crippen LogP contribution in [-0.4, -0.2) is 64.9 Å². The van der Waals surface area contributed by atoms with Gasteiger partial charge < -0.3 is 14.6 Å². The monoisotopic (exact) mass is 446 g/mol. The number of fused-ring (bicyclic) bond motifs is 1. The van der Waals surface area contributed by atoms with Crippen LogP contribution in [0.1, 0.15) is 10.6 Å². The number of nitro benzene ring substituents is 1. The second kappa shape index (κ2) is 8.65. The van der Waals surface area contributed by atoms with E-state index in [-0.39, 0.29) is 11.4 Å². The first-order valence-corrected chi connectivity index (χ1v) is 10.3. The molecule has 1 saturated heterocycles. The Hall–Kier alpha value is -3.58. The fraction of sp³-hybridized carbons (Fsp3) is 0.333. The zero-order valence-electron chi connectivity index (χ0n) is 16.2. The molecule has 2 aromatic heterocycles. The van der Waals surface area contributed by atoms with Gasteiger partial charge in [0.1, 0.15) is 4.92 Å². The van der Waals surface area contributed by atoms with E-state index in [2.05, 4.69) is 20.1 Å². The SMILES string of the molecule is O=C(NCCN1CCN(c2nc3ccc([N+](=O)[O-])cc3s2)CC1)c1ccc([N+](=O)[O-])o1. The number of benzene rings is 1. The van der Waals surface area contributed by atoms with Gasteiger partial charge in [0.05, 0.1) is 21.2 Å². The van der Waals surface area contributed by atoms with Gasteiger partial charge in [-0.25, -0.2) is 4.98 Å². The molecule has 162 valence electrons. The van der Waals surface area contributed by atoms with Crippen LogP contribution in [0.3, 0.4) is 0 Å². The molecule has 1 aliphatic rings. The minimum atomic E-state index is -0.692. The highest BCUT2D eigenvalue weighted by molar-refractivity contribution is 7.22. The van der Waals surface area contributed by atoms with Gasteiger partial charge in [-0.05, 0) is 12.1 Å². The number of non-ortho nitro benzene ring substituents is 1. The van der Waals surface area contributed by atoms with Gasteiger partial charge in [0.2, 0.25) is 0 Å². The van der Waals surface area contributed by atoms with Crippen LogP contribution in [0.25, 0.3) is 10.2 Å². The van der Waals surface area contributed by atoms with Gasteiger partial charge in [0, 0.05) is 51.4 Å². The van der Waals surface area contributed by atoms with Crippen molar-refractivity contribution in [1.29, 1.82) is 0 Å². The fourth-order valence-electron chi connectivity index (χ4n) is 3.28. The van der Waals surface area contributed by atoms with Crippen LogP contribution in [0.15, 0.2) is 34.7 Å². The van der Waals surface area contributed by atoms with Crippen LogP contribution in [-0.2, 0) is 0 Å². The van der Waals surface area contributed by atoms with E-state index in [1.807, 2.05) is 0 Å². The molecule has 0 saturated carbocycles. The zero-order valence-corrected chi connectivity index (χ0v) is 17.0. The van der Waals surface area contributed by atoms with Crippen molar-refractivity contribution in [3.8, 4) is 0 Å². The summed E-state index contributed by atoms with van der Waals surface area (Å²) in [6, 6.07) is 7.09. The molecule has 1 aliphatic heterocycles. The fourth-order valence-corrected chi connectivity index (χ4v) is 4.33. The van der Waals surface area contributed by atoms with Crippen LogP contribution >= 0.6 is 11.3 Å². The molecule has 0 unspecified atom stereocenters. The Balaban J connectivity index is 1.26. The lowest BCUT2D eigenvalue weighted by Gasteiger charge is -2.34. The van der Waals surface area contributed by atoms with Crippen molar-refractivity contribution >= 4 is 44.2 Å². The van der Waals surface area contributed by atoms with Gasteiger partial charge in [-0.2, -0.15) is 0 Å². The maximum absolute atomic E-state index is 12.0. The van der Waals surface area contributed by atoms with E-state index in [4.69, 9.17) is 4.42 Å². The van der Waals surface area contributed by atoms with E-state index in [9.17, 15) is 25.0 Å². The van der Waals surface area contributed by atoms with Crippen molar-refractivity contribution in [2.24, 2.45) is 0 Å². The Labute approximate surface area is 179 Å². The summed E-state index contributed by atoms with van der Waals surface area (Å²) in [5, 5.41) is 25.1. The van der Waals surface area contributed by atoms with Crippen LogP contribution in [0.5, 0.6) is 0 Å². The molecule has 0 radical (unpaired) electrons. The molecule has 1 N–H and O–H groups in total. The normalized spacial score (nSPS) is 14.6. The summed E-state index contributed by atoms with van der Waals surface area (Å²) in [5.74, 6) is -1.05. The summed E-state index contributed by atoms with van der Waals surface area (Å²) in [7, 11) is 0. The predicted molar refractivity (Wildman–Crippen MR) is 113 cm³/mol. The summed E-state index contributed by atoms with van der Waals surface area (Å²) in [4.78, 5) is 41.4. The van der Waals surface area contributed by atoms with Crippen molar-refractivity contribution in [3.05, 3.63) is 56.3 Å². The van der Waals surface area contributed by atoms with Crippen LogP contribution in [0.2, 0.25) is 0 Å². The topological polar surface area (TPSA) is 148 Å². The van der Waals surface area contributed by atoms with Gasteiger partial charge in [-0.15, -0.1) is 0 Å². The molecule has 3 aromatic rings. The minimum Gasteiger partial charge on any atom is -0.395 e. The molecule has 3 heterocycles. The molecule has 0 spiro atoms. The van der Waals surface area contributed by atoms with Crippen molar-refractivity contribution in [1.82, 2.24) is 15.2 Å². The number of thiazole rings is 1.